The largest absolute Gasteiger partial charge is 0.490 e. The van der Waals surface area contributed by atoms with Crippen LogP contribution in [0, 0.1) is 25.5 Å². The Morgan fingerprint density at radius 3 is 2.34 bits per heavy atom. The number of imidazole rings is 1. The van der Waals surface area contributed by atoms with Crippen molar-refractivity contribution >= 4 is 17.5 Å². The van der Waals surface area contributed by atoms with Gasteiger partial charge >= 0.3 is 0 Å². The van der Waals surface area contributed by atoms with E-state index in [0.29, 0.717) is 11.5 Å². The van der Waals surface area contributed by atoms with Crippen LogP contribution in [0.1, 0.15) is 24.7 Å². The fraction of sp³-hybridized carbons (Fsp3) is 0.238. The molecule has 1 atom stereocenters. The molecule has 1 unspecified atom stereocenters. The fourth-order valence-electron chi connectivity index (χ4n) is 3.13. The van der Waals surface area contributed by atoms with Crippen LogP contribution >= 0.6 is 11.6 Å². The van der Waals surface area contributed by atoms with Crippen molar-refractivity contribution in [3.63, 3.8) is 0 Å². The topological polar surface area (TPSA) is 70.1 Å². The smallest absolute Gasteiger partial charge is 0.221 e. The number of hydrogen-bond donors (Lipinski definition) is 1. The van der Waals surface area contributed by atoms with Gasteiger partial charge in [0.25, 0.3) is 0 Å². The van der Waals surface area contributed by atoms with Crippen molar-refractivity contribution in [3.05, 3.63) is 64.6 Å². The van der Waals surface area contributed by atoms with E-state index in [-0.39, 0.29) is 28.6 Å². The maximum absolute atomic E-state index is 14.9. The first kappa shape index (κ1) is 20.8. The highest BCUT2D eigenvalue weighted by molar-refractivity contribution is 6.32. The van der Waals surface area contributed by atoms with Gasteiger partial charge in [-0.25, -0.2) is 13.8 Å². The fourth-order valence-corrected chi connectivity index (χ4v) is 3.43. The average Bonchev–Trinajstić information content (AvgIpc) is 2.88. The highest BCUT2D eigenvalue weighted by atomic mass is 35.5. The van der Waals surface area contributed by atoms with Crippen LogP contribution in [0.5, 0.6) is 5.75 Å². The zero-order valence-electron chi connectivity index (χ0n) is 16.2. The molecule has 2 N–H and O–H groups in total. The lowest BCUT2D eigenvalue weighted by Gasteiger charge is -2.16. The molecule has 1 heterocycles. The molecular formula is C21H20ClF2N3O2. The number of amides is 1. The number of nitrogens with two attached hydrogens (primary N) is 1. The number of benzene rings is 2. The summed E-state index contributed by atoms with van der Waals surface area (Å²) in [4.78, 5) is 15.2. The van der Waals surface area contributed by atoms with Crippen LogP contribution in [0.4, 0.5) is 8.78 Å². The molecule has 29 heavy (non-hydrogen) atoms. The van der Waals surface area contributed by atoms with Gasteiger partial charge in [-0.05, 0) is 32.9 Å². The maximum Gasteiger partial charge on any atom is 0.221 e. The number of carbonyl (C=O) groups excluding carboxylic acids is 1. The molecule has 0 bridgehead atoms. The number of ether oxygens (including phenoxy) is 1. The third kappa shape index (κ3) is 4.40. The molecule has 0 spiro atoms. The minimum absolute atomic E-state index is 0.0170. The van der Waals surface area contributed by atoms with E-state index >= 15 is 0 Å². The monoisotopic (exact) mass is 419 g/mol. The number of primary amides is 1. The summed E-state index contributed by atoms with van der Waals surface area (Å²) in [5.74, 6) is -1.85. The lowest BCUT2D eigenvalue weighted by molar-refractivity contribution is -0.119. The number of hydrogen-bond acceptors (Lipinski definition) is 3. The second kappa shape index (κ2) is 8.21. The number of carbonyl (C=O) groups is 1. The molecule has 0 saturated carbocycles. The molecule has 1 amide bonds. The van der Waals surface area contributed by atoms with Gasteiger partial charge in [0.1, 0.15) is 29.3 Å². The Kier molecular flexibility index (Phi) is 5.88. The van der Waals surface area contributed by atoms with Gasteiger partial charge < -0.3 is 10.5 Å². The second-order valence-corrected chi connectivity index (χ2v) is 7.19. The van der Waals surface area contributed by atoms with Gasteiger partial charge in [-0.15, -0.1) is 0 Å². The number of nitrogens with zero attached hydrogens (tertiary/aromatic N) is 2. The van der Waals surface area contributed by atoms with Crippen molar-refractivity contribution in [1.29, 1.82) is 0 Å². The third-order valence-electron chi connectivity index (χ3n) is 4.37. The minimum atomic E-state index is -0.860. The molecule has 0 aliphatic carbocycles. The van der Waals surface area contributed by atoms with Gasteiger partial charge in [0.05, 0.1) is 17.7 Å². The van der Waals surface area contributed by atoms with E-state index in [1.54, 1.807) is 18.4 Å². The molecular weight excluding hydrogens is 400 g/mol. The van der Waals surface area contributed by atoms with E-state index in [9.17, 15) is 13.6 Å². The normalized spacial score (nSPS) is 12.1. The van der Waals surface area contributed by atoms with Crippen LogP contribution in [0.15, 0.2) is 36.4 Å². The van der Waals surface area contributed by atoms with Crippen molar-refractivity contribution in [1.82, 2.24) is 9.55 Å². The maximum atomic E-state index is 14.9. The lowest BCUT2D eigenvalue weighted by Crippen LogP contribution is -2.22. The second-order valence-electron chi connectivity index (χ2n) is 6.83. The quantitative estimate of drug-likeness (QED) is 0.627. The molecule has 3 rings (SSSR count). The predicted octanol–water partition coefficient (Wildman–Crippen LogP) is 4.73. The summed E-state index contributed by atoms with van der Waals surface area (Å²) in [7, 11) is 0. The summed E-state index contributed by atoms with van der Waals surface area (Å²) >= 11 is 6.24. The Morgan fingerprint density at radius 1 is 1.21 bits per heavy atom. The van der Waals surface area contributed by atoms with Crippen LogP contribution in [0.3, 0.4) is 0 Å². The number of rotatable bonds is 6. The molecule has 2 aromatic carbocycles. The molecule has 8 heteroatoms. The third-order valence-corrected chi connectivity index (χ3v) is 4.64. The number of halogens is 3. The standard InChI is InChI=1S/C21H20ClF2N3O2/c1-11-4-6-14(7-5-11)27-13(3)26-21(22)20(27)19-16(23)9-15(10-17(19)24)29-12(2)8-18(25)28/h4-7,9-10,12H,8H2,1-3H3,(H2,25,28). The summed E-state index contributed by atoms with van der Waals surface area (Å²) in [5.41, 5.74) is 6.63. The van der Waals surface area contributed by atoms with E-state index < -0.39 is 23.6 Å². The first-order valence-corrected chi connectivity index (χ1v) is 9.31. The highest BCUT2D eigenvalue weighted by Crippen LogP contribution is 2.37. The molecule has 0 saturated heterocycles. The number of aromatic nitrogens is 2. The summed E-state index contributed by atoms with van der Waals surface area (Å²) in [6.45, 7) is 5.23. The van der Waals surface area contributed by atoms with Crippen molar-refractivity contribution in [2.75, 3.05) is 0 Å². The number of aryl methyl sites for hydroxylation is 2. The van der Waals surface area contributed by atoms with E-state index in [4.69, 9.17) is 22.1 Å². The average molecular weight is 420 g/mol. The minimum Gasteiger partial charge on any atom is -0.490 e. The molecule has 1 aromatic heterocycles. The van der Waals surface area contributed by atoms with E-state index in [0.717, 1.165) is 17.7 Å². The first-order chi connectivity index (χ1) is 13.7. The molecule has 5 nitrogen and oxygen atoms in total. The highest BCUT2D eigenvalue weighted by Gasteiger charge is 2.24. The summed E-state index contributed by atoms with van der Waals surface area (Å²) in [5, 5.41) is -0.0170. The van der Waals surface area contributed by atoms with Gasteiger partial charge in [-0.2, -0.15) is 0 Å². The van der Waals surface area contributed by atoms with Crippen molar-refractivity contribution < 1.29 is 18.3 Å². The van der Waals surface area contributed by atoms with Crippen molar-refractivity contribution in [2.45, 2.75) is 33.3 Å². The van der Waals surface area contributed by atoms with Crippen LogP contribution in [0.2, 0.25) is 5.15 Å². The van der Waals surface area contributed by atoms with Gasteiger partial charge in [0.2, 0.25) is 5.91 Å². The van der Waals surface area contributed by atoms with Gasteiger partial charge in [-0.1, -0.05) is 29.3 Å². The van der Waals surface area contributed by atoms with Crippen LogP contribution in [0.25, 0.3) is 16.9 Å². The van der Waals surface area contributed by atoms with Crippen molar-refractivity contribution in [3.8, 4) is 22.7 Å². The van der Waals surface area contributed by atoms with Gasteiger partial charge in [-0.3, -0.25) is 9.36 Å². The SMILES string of the molecule is Cc1ccc(-n2c(C)nc(Cl)c2-c2c(F)cc(OC(C)CC(N)=O)cc2F)cc1. The Hall–Kier alpha value is -2.93. The molecule has 0 radical (unpaired) electrons. The Labute approximate surface area is 172 Å². The predicted molar refractivity (Wildman–Crippen MR) is 107 cm³/mol. The zero-order valence-corrected chi connectivity index (χ0v) is 16.9. The van der Waals surface area contributed by atoms with Crippen LogP contribution in [-0.2, 0) is 4.79 Å². The van der Waals surface area contributed by atoms with E-state index in [1.807, 2.05) is 31.2 Å². The van der Waals surface area contributed by atoms with Crippen molar-refractivity contribution in [2.24, 2.45) is 5.73 Å². The summed E-state index contributed by atoms with van der Waals surface area (Å²) < 4.78 is 36.9. The summed E-state index contributed by atoms with van der Waals surface area (Å²) in [6, 6.07) is 9.51. The lowest BCUT2D eigenvalue weighted by atomic mass is 10.1. The first-order valence-electron chi connectivity index (χ1n) is 8.93. The zero-order chi connectivity index (χ0) is 21.3. The molecule has 0 fully saturated rings. The Bertz CT molecular complexity index is 1040. The van der Waals surface area contributed by atoms with E-state index in [1.165, 1.54) is 0 Å². The molecule has 152 valence electrons. The molecule has 0 aliphatic rings. The van der Waals surface area contributed by atoms with E-state index in [2.05, 4.69) is 4.98 Å². The van der Waals surface area contributed by atoms with Crippen LogP contribution < -0.4 is 10.5 Å². The van der Waals surface area contributed by atoms with Gasteiger partial charge in [0, 0.05) is 17.8 Å². The Morgan fingerprint density at radius 2 is 1.79 bits per heavy atom. The Balaban J connectivity index is 2.08. The molecule has 3 aromatic rings. The molecule has 0 aliphatic heterocycles. The summed E-state index contributed by atoms with van der Waals surface area (Å²) in [6.07, 6.45) is -0.697. The van der Waals surface area contributed by atoms with Crippen LogP contribution in [-0.4, -0.2) is 21.6 Å². The van der Waals surface area contributed by atoms with Gasteiger partial charge in [0.15, 0.2) is 5.15 Å².